The summed E-state index contributed by atoms with van der Waals surface area (Å²) < 4.78 is 14.0. The molecule has 0 unspecified atom stereocenters. The van der Waals surface area contributed by atoms with E-state index in [2.05, 4.69) is 15.9 Å². The van der Waals surface area contributed by atoms with Crippen LogP contribution in [0.25, 0.3) is 0 Å². The van der Waals surface area contributed by atoms with Crippen molar-refractivity contribution in [3.63, 3.8) is 0 Å². The van der Waals surface area contributed by atoms with Crippen molar-refractivity contribution in [3.8, 4) is 0 Å². The molecule has 98 valence electrons. The molecule has 0 fully saturated rings. The minimum atomic E-state index is -0.332. The van der Waals surface area contributed by atoms with Crippen molar-refractivity contribution in [3.05, 3.63) is 62.9 Å². The monoisotopic (exact) mass is 321 g/mol. The van der Waals surface area contributed by atoms with Crippen LogP contribution in [-0.4, -0.2) is 5.78 Å². The largest absolute Gasteiger partial charge is 0.398 e. The topological polar surface area (TPSA) is 43.1 Å². The fraction of sp³-hybridized carbons (Fsp3) is 0.133. The highest BCUT2D eigenvalue weighted by Crippen LogP contribution is 2.24. The molecule has 0 saturated heterocycles. The highest BCUT2D eigenvalue weighted by Gasteiger charge is 2.16. The van der Waals surface area contributed by atoms with Gasteiger partial charge in [-0.2, -0.15) is 0 Å². The Balaban J connectivity index is 2.53. The molecule has 2 N–H and O–H groups in total. The van der Waals surface area contributed by atoms with Gasteiger partial charge in [0, 0.05) is 21.3 Å². The summed E-state index contributed by atoms with van der Waals surface area (Å²) in [6, 6.07) is 7.78. The second-order valence-corrected chi connectivity index (χ2v) is 5.33. The average molecular weight is 322 g/mol. The smallest absolute Gasteiger partial charge is 0.193 e. The van der Waals surface area contributed by atoms with Crippen LogP contribution in [0.2, 0.25) is 0 Å². The Morgan fingerprint density at radius 3 is 2.26 bits per heavy atom. The number of nitrogens with two attached hydrogens (primary N) is 1. The molecule has 0 atom stereocenters. The van der Waals surface area contributed by atoms with Gasteiger partial charge in [-0.25, -0.2) is 4.39 Å². The molecule has 2 rings (SSSR count). The van der Waals surface area contributed by atoms with Crippen LogP contribution in [0, 0.1) is 19.7 Å². The maximum absolute atomic E-state index is 13.3. The molecule has 0 bridgehead atoms. The van der Waals surface area contributed by atoms with Crippen molar-refractivity contribution in [2.24, 2.45) is 0 Å². The number of nitrogen functional groups attached to an aromatic ring is 1. The van der Waals surface area contributed by atoms with Gasteiger partial charge in [0.1, 0.15) is 5.82 Å². The molecule has 0 spiro atoms. The highest BCUT2D eigenvalue weighted by molar-refractivity contribution is 9.10. The van der Waals surface area contributed by atoms with Gasteiger partial charge in [0.2, 0.25) is 0 Å². The van der Waals surface area contributed by atoms with E-state index in [0.717, 1.165) is 4.47 Å². The van der Waals surface area contributed by atoms with Crippen molar-refractivity contribution in [1.29, 1.82) is 0 Å². The Bertz CT molecular complexity index is 644. The number of carbonyl (C=O) groups excluding carboxylic acids is 1. The Kier molecular flexibility index (Phi) is 3.71. The third-order valence-corrected chi connectivity index (χ3v) is 3.70. The number of anilines is 1. The first kappa shape index (κ1) is 13.7. The van der Waals surface area contributed by atoms with Crippen LogP contribution in [-0.2, 0) is 0 Å². The molecule has 0 aliphatic rings. The quantitative estimate of drug-likeness (QED) is 0.670. The Morgan fingerprint density at radius 1 is 1.16 bits per heavy atom. The number of hydrogen-bond acceptors (Lipinski definition) is 2. The van der Waals surface area contributed by atoms with Crippen LogP contribution in [0.4, 0.5) is 10.1 Å². The van der Waals surface area contributed by atoms with Gasteiger partial charge in [0.15, 0.2) is 5.78 Å². The molecule has 0 aromatic heterocycles. The Hall–Kier alpha value is -1.68. The van der Waals surface area contributed by atoms with Crippen LogP contribution in [0.3, 0.4) is 0 Å². The number of halogens is 2. The molecule has 0 aliphatic heterocycles. The lowest BCUT2D eigenvalue weighted by Crippen LogP contribution is -2.07. The summed E-state index contributed by atoms with van der Waals surface area (Å²) in [5.41, 5.74) is 8.57. The zero-order chi connectivity index (χ0) is 14.2. The van der Waals surface area contributed by atoms with Crippen molar-refractivity contribution in [2.45, 2.75) is 13.8 Å². The molecule has 0 amide bonds. The van der Waals surface area contributed by atoms with E-state index in [0.29, 0.717) is 27.9 Å². The number of carbonyl (C=O) groups is 1. The van der Waals surface area contributed by atoms with Crippen LogP contribution < -0.4 is 5.73 Å². The van der Waals surface area contributed by atoms with E-state index in [4.69, 9.17) is 5.73 Å². The van der Waals surface area contributed by atoms with Crippen molar-refractivity contribution >= 4 is 27.4 Å². The average Bonchev–Trinajstić information content (AvgIpc) is 2.31. The fourth-order valence-corrected chi connectivity index (χ4v) is 2.34. The third kappa shape index (κ3) is 2.68. The van der Waals surface area contributed by atoms with Gasteiger partial charge in [0.25, 0.3) is 0 Å². The summed E-state index contributed by atoms with van der Waals surface area (Å²) in [5, 5.41) is 0. The minimum absolute atomic E-state index is 0.144. The number of rotatable bonds is 2. The standard InChI is InChI=1S/C15H13BrFNO/c1-8-5-11(17)6-9(2)14(8)15(19)10-3-4-12(16)13(18)7-10/h3-7H,18H2,1-2H3. The van der Waals surface area contributed by atoms with E-state index in [1.165, 1.54) is 12.1 Å². The van der Waals surface area contributed by atoms with Crippen LogP contribution >= 0.6 is 15.9 Å². The van der Waals surface area contributed by atoms with E-state index >= 15 is 0 Å². The minimum Gasteiger partial charge on any atom is -0.398 e. The molecular weight excluding hydrogens is 309 g/mol. The lowest BCUT2D eigenvalue weighted by atomic mass is 9.94. The summed E-state index contributed by atoms with van der Waals surface area (Å²) >= 11 is 3.29. The van der Waals surface area contributed by atoms with E-state index < -0.39 is 0 Å². The molecule has 4 heteroatoms. The first-order valence-corrected chi connectivity index (χ1v) is 6.56. The van der Waals surface area contributed by atoms with Crippen molar-refractivity contribution in [1.82, 2.24) is 0 Å². The summed E-state index contributed by atoms with van der Waals surface area (Å²) in [7, 11) is 0. The number of ketones is 1. The molecule has 2 aromatic carbocycles. The molecule has 0 aliphatic carbocycles. The Morgan fingerprint density at radius 2 is 1.74 bits per heavy atom. The van der Waals surface area contributed by atoms with E-state index in [1.807, 2.05) is 0 Å². The summed E-state index contributed by atoms with van der Waals surface area (Å²) in [4.78, 5) is 12.5. The molecular formula is C15H13BrFNO. The SMILES string of the molecule is Cc1cc(F)cc(C)c1C(=O)c1ccc(Br)c(N)c1. The van der Waals surface area contributed by atoms with Crippen LogP contribution in [0.15, 0.2) is 34.8 Å². The van der Waals surface area contributed by atoms with Crippen molar-refractivity contribution < 1.29 is 9.18 Å². The maximum Gasteiger partial charge on any atom is 0.193 e. The van der Waals surface area contributed by atoms with Crippen LogP contribution in [0.1, 0.15) is 27.0 Å². The summed E-state index contributed by atoms with van der Waals surface area (Å²) in [6.07, 6.45) is 0. The number of aryl methyl sites for hydroxylation is 2. The predicted octanol–water partition coefficient (Wildman–Crippen LogP) is 4.02. The molecule has 2 aromatic rings. The third-order valence-electron chi connectivity index (χ3n) is 2.98. The van der Waals surface area contributed by atoms with E-state index in [-0.39, 0.29) is 11.6 Å². The second-order valence-electron chi connectivity index (χ2n) is 4.48. The molecule has 2 nitrogen and oxygen atoms in total. The normalized spacial score (nSPS) is 10.5. The van der Waals surface area contributed by atoms with Gasteiger partial charge >= 0.3 is 0 Å². The van der Waals surface area contributed by atoms with Gasteiger partial charge in [-0.1, -0.05) is 0 Å². The van der Waals surface area contributed by atoms with Gasteiger partial charge < -0.3 is 5.73 Å². The van der Waals surface area contributed by atoms with Gasteiger partial charge in [0.05, 0.1) is 0 Å². The Labute approximate surface area is 119 Å². The van der Waals surface area contributed by atoms with Crippen LogP contribution in [0.5, 0.6) is 0 Å². The lowest BCUT2D eigenvalue weighted by molar-refractivity contribution is 0.103. The molecule has 0 heterocycles. The summed E-state index contributed by atoms with van der Waals surface area (Å²) in [5.74, 6) is -0.476. The zero-order valence-electron chi connectivity index (χ0n) is 10.6. The lowest BCUT2D eigenvalue weighted by Gasteiger charge is -2.10. The predicted molar refractivity (Wildman–Crippen MR) is 77.9 cm³/mol. The van der Waals surface area contributed by atoms with Crippen molar-refractivity contribution in [2.75, 3.05) is 5.73 Å². The zero-order valence-corrected chi connectivity index (χ0v) is 12.2. The van der Waals surface area contributed by atoms with E-state index in [1.54, 1.807) is 32.0 Å². The fourth-order valence-electron chi connectivity index (χ4n) is 2.10. The van der Waals surface area contributed by atoms with E-state index in [9.17, 15) is 9.18 Å². The highest BCUT2D eigenvalue weighted by atomic mass is 79.9. The second kappa shape index (κ2) is 5.13. The summed E-state index contributed by atoms with van der Waals surface area (Å²) in [6.45, 7) is 3.46. The number of benzene rings is 2. The first-order chi connectivity index (χ1) is 8.90. The molecule has 0 saturated carbocycles. The molecule has 0 radical (unpaired) electrons. The van der Waals surface area contributed by atoms with Gasteiger partial charge in [-0.3, -0.25) is 4.79 Å². The molecule has 19 heavy (non-hydrogen) atoms. The van der Waals surface area contributed by atoms with Gasteiger partial charge in [-0.05, 0) is 71.2 Å². The maximum atomic E-state index is 13.3. The number of hydrogen-bond donors (Lipinski definition) is 1. The first-order valence-electron chi connectivity index (χ1n) is 5.76. The van der Waals surface area contributed by atoms with Gasteiger partial charge in [-0.15, -0.1) is 0 Å².